The predicted octanol–water partition coefficient (Wildman–Crippen LogP) is 2.56. The maximum Gasteiger partial charge on any atom is 0.325 e. The quantitative estimate of drug-likeness (QED) is 0.904. The summed E-state index contributed by atoms with van der Waals surface area (Å²) in [6, 6.07) is 4.70. The van der Waals surface area contributed by atoms with Gasteiger partial charge in [-0.3, -0.25) is 9.69 Å². The summed E-state index contributed by atoms with van der Waals surface area (Å²) in [5.41, 5.74) is 0.731. The highest BCUT2D eigenvalue weighted by molar-refractivity contribution is 5.76. The average Bonchev–Trinajstić information content (AvgIpc) is 2.49. The number of carboxylic acid groups (broad SMARTS) is 1. The number of nitrogens with zero attached hydrogens (tertiary/aromatic N) is 1. The molecule has 2 rings (SSSR count). The first kappa shape index (κ1) is 15.6. The van der Waals surface area contributed by atoms with Gasteiger partial charge in [-0.15, -0.1) is 0 Å². The molecule has 1 aliphatic rings. The second-order valence-electron chi connectivity index (χ2n) is 5.57. The van der Waals surface area contributed by atoms with Crippen LogP contribution >= 0.6 is 0 Å². The second-order valence-corrected chi connectivity index (χ2v) is 5.57. The van der Waals surface area contributed by atoms with E-state index in [-0.39, 0.29) is 0 Å². The molecule has 1 aromatic carbocycles. The lowest BCUT2D eigenvalue weighted by atomic mass is 9.95. The third-order valence-electron chi connectivity index (χ3n) is 4.14. The molecule has 0 aliphatic carbocycles. The zero-order valence-electron chi connectivity index (χ0n) is 12.8. The van der Waals surface area contributed by atoms with Gasteiger partial charge >= 0.3 is 5.97 Å². The monoisotopic (exact) mass is 293 g/mol. The maximum absolute atomic E-state index is 11.7. The van der Waals surface area contributed by atoms with Crippen LogP contribution < -0.4 is 9.47 Å². The van der Waals surface area contributed by atoms with Crippen LogP contribution in [0.2, 0.25) is 0 Å². The number of hydrogen-bond donors (Lipinski definition) is 1. The normalized spacial score (nSPS) is 18.2. The fourth-order valence-electron chi connectivity index (χ4n) is 2.82. The van der Waals surface area contributed by atoms with Gasteiger partial charge in [-0.05, 0) is 49.5 Å². The Bertz CT molecular complexity index is 495. The lowest BCUT2D eigenvalue weighted by Crippen LogP contribution is -2.39. The maximum atomic E-state index is 11.7. The van der Waals surface area contributed by atoms with Gasteiger partial charge in [0.05, 0.1) is 14.2 Å². The first-order chi connectivity index (χ1) is 10.1. The van der Waals surface area contributed by atoms with E-state index in [1.807, 2.05) is 4.90 Å². The molecule has 0 amide bonds. The molecule has 5 nitrogen and oxygen atoms in total. The summed E-state index contributed by atoms with van der Waals surface area (Å²) in [6.45, 7) is 3.84. The lowest BCUT2D eigenvalue weighted by molar-refractivity contribution is -0.144. The van der Waals surface area contributed by atoms with Crippen molar-refractivity contribution in [3.05, 3.63) is 23.8 Å². The molecule has 1 aromatic rings. The van der Waals surface area contributed by atoms with Crippen molar-refractivity contribution in [1.29, 1.82) is 0 Å². The molecular weight excluding hydrogens is 270 g/mol. The van der Waals surface area contributed by atoms with Crippen molar-refractivity contribution < 1.29 is 19.4 Å². The topological polar surface area (TPSA) is 59.0 Å². The number of ether oxygens (including phenoxy) is 2. The molecule has 1 unspecified atom stereocenters. The minimum absolute atomic E-state index is 0.562. The Labute approximate surface area is 125 Å². The Balaban J connectivity index is 2.28. The largest absolute Gasteiger partial charge is 0.493 e. The Morgan fingerprint density at radius 2 is 1.86 bits per heavy atom. The number of rotatable bonds is 5. The lowest BCUT2D eigenvalue weighted by Gasteiger charge is -2.34. The van der Waals surface area contributed by atoms with Crippen molar-refractivity contribution in [2.75, 3.05) is 27.3 Å². The van der Waals surface area contributed by atoms with E-state index in [1.165, 1.54) is 0 Å². The Morgan fingerprint density at radius 3 is 2.38 bits per heavy atom. The van der Waals surface area contributed by atoms with Crippen molar-refractivity contribution in [2.45, 2.75) is 25.8 Å². The zero-order chi connectivity index (χ0) is 15.4. The van der Waals surface area contributed by atoms with Crippen LogP contribution in [-0.4, -0.2) is 43.3 Å². The molecule has 0 aromatic heterocycles. The van der Waals surface area contributed by atoms with E-state index in [0.29, 0.717) is 17.4 Å². The molecule has 1 saturated heterocycles. The van der Waals surface area contributed by atoms with Gasteiger partial charge < -0.3 is 14.6 Å². The van der Waals surface area contributed by atoms with Gasteiger partial charge in [0.15, 0.2) is 11.5 Å². The second kappa shape index (κ2) is 6.80. The van der Waals surface area contributed by atoms with Gasteiger partial charge in [-0.25, -0.2) is 0 Å². The van der Waals surface area contributed by atoms with Crippen LogP contribution in [0, 0.1) is 5.92 Å². The van der Waals surface area contributed by atoms with Crippen LogP contribution in [0.1, 0.15) is 31.4 Å². The van der Waals surface area contributed by atoms with Gasteiger partial charge in [-0.1, -0.05) is 13.0 Å². The number of benzene rings is 1. The van der Waals surface area contributed by atoms with Crippen LogP contribution in [-0.2, 0) is 4.79 Å². The van der Waals surface area contributed by atoms with E-state index in [1.54, 1.807) is 32.4 Å². The number of piperidine rings is 1. The van der Waals surface area contributed by atoms with Gasteiger partial charge in [0, 0.05) is 0 Å². The molecule has 1 atom stereocenters. The van der Waals surface area contributed by atoms with Gasteiger partial charge in [0.2, 0.25) is 0 Å². The summed E-state index contributed by atoms with van der Waals surface area (Å²) in [5, 5.41) is 9.62. The van der Waals surface area contributed by atoms with Crippen molar-refractivity contribution >= 4 is 5.97 Å². The highest BCUT2D eigenvalue weighted by Crippen LogP contribution is 2.33. The van der Waals surface area contributed by atoms with Crippen LogP contribution in [0.3, 0.4) is 0 Å². The van der Waals surface area contributed by atoms with Crippen LogP contribution in [0.5, 0.6) is 11.5 Å². The Morgan fingerprint density at radius 1 is 1.24 bits per heavy atom. The zero-order valence-corrected chi connectivity index (χ0v) is 12.8. The summed E-state index contributed by atoms with van der Waals surface area (Å²) < 4.78 is 10.5. The standard InChI is InChI=1S/C16H23NO4/c1-11-6-8-17(9-7-11)15(16(18)19)12-4-5-13(20-2)14(10-12)21-3/h4-5,10-11,15H,6-9H2,1-3H3,(H,18,19). The number of hydrogen-bond acceptors (Lipinski definition) is 4. The van der Waals surface area contributed by atoms with E-state index >= 15 is 0 Å². The van der Waals surface area contributed by atoms with Crippen molar-refractivity contribution in [1.82, 2.24) is 4.90 Å². The molecule has 0 spiro atoms. The highest BCUT2D eigenvalue weighted by atomic mass is 16.5. The molecule has 0 radical (unpaired) electrons. The first-order valence-corrected chi connectivity index (χ1v) is 7.25. The van der Waals surface area contributed by atoms with E-state index in [4.69, 9.17) is 9.47 Å². The summed E-state index contributed by atoms with van der Waals surface area (Å²) in [4.78, 5) is 13.8. The molecule has 0 bridgehead atoms. The molecule has 1 N–H and O–H groups in total. The summed E-state index contributed by atoms with van der Waals surface area (Å²) in [7, 11) is 3.12. The van der Waals surface area contributed by atoms with Gasteiger partial charge in [-0.2, -0.15) is 0 Å². The molecule has 116 valence electrons. The van der Waals surface area contributed by atoms with Crippen molar-refractivity contribution in [3.63, 3.8) is 0 Å². The van der Waals surface area contributed by atoms with Gasteiger partial charge in [0.25, 0.3) is 0 Å². The smallest absolute Gasteiger partial charge is 0.325 e. The Kier molecular flexibility index (Phi) is 5.07. The molecule has 1 fully saturated rings. The first-order valence-electron chi connectivity index (χ1n) is 7.25. The number of carboxylic acids is 1. The average molecular weight is 293 g/mol. The molecule has 5 heteroatoms. The van der Waals surface area contributed by atoms with E-state index in [9.17, 15) is 9.90 Å². The fraction of sp³-hybridized carbons (Fsp3) is 0.562. The van der Waals surface area contributed by atoms with Crippen molar-refractivity contribution in [3.8, 4) is 11.5 Å². The Hall–Kier alpha value is -1.75. The summed E-state index contributed by atoms with van der Waals surface area (Å²) in [6.07, 6.45) is 2.08. The predicted molar refractivity (Wildman–Crippen MR) is 79.9 cm³/mol. The molecular formula is C16H23NO4. The third-order valence-corrected chi connectivity index (χ3v) is 4.14. The van der Waals surface area contributed by atoms with Crippen molar-refractivity contribution in [2.24, 2.45) is 5.92 Å². The molecule has 1 aliphatic heterocycles. The fourth-order valence-corrected chi connectivity index (χ4v) is 2.82. The molecule has 21 heavy (non-hydrogen) atoms. The van der Waals surface area contributed by atoms with Crippen LogP contribution in [0.15, 0.2) is 18.2 Å². The van der Waals surface area contributed by atoms with Crippen LogP contribution in [0.4, 0.5) is 0 Å². The van der Waals surface area contributed by atoms with Crippen LogP contribution in [0.25, 0.3) is 0 Å². The number of carbonyl (C=O) groups is 1. The summed E-state index contributed by atoms with van der Waals surface area (Å²) in [5.74, 6) is 1.02. The third kappa shape index (κ3) is 3.47. The number of likely N-dealkylation sites (tertiary alicyclic amines) is 1. The van der Waals surface area contributed by atoms with E-state index in [2.05, 4.69) is 6.92 Å². The van der Waals surface area contributed by atoms with E-state index in [0.717, 1.165) is 31.5 Å². The highest BCUT2D eigenvalue weighted by Gasteiger charge is 2.30. The number of aliphatic carboxylic acids is 1. The molecule has 1 heterocycles. The van der Waals surface area contributed by atoms with Gasteiger partial charge in [0.1, 0.15) is 6.04 Å². The van der Waals surface area contributed by atoms with E-state index < -0.39 is 12.0 Å². The summed E-state index contributed by atoms with van der Waals surface area (Å²) >= 11 is 0. The number of methoxy groups -OCH3 is 2. The SMILES string of the molecule is COc1ccc(C(C(=O)O)N2CCC(C)CC2)cc1OC. The minimum Gasteiger partial charge on any atom is -0.493 e. The molecule has 0 saturated carbocycles. The minimum atomic E-state index is -0.822.